The first kappa shape index (κ1) is 14.9. The molecule has 0 atom stereocenters. The van der Waals surface area contributed by atoms with Gasteiger partial charge in [-0.15, -0.1) is 0 Å². The molecule has 1 heterocycles. The van der Waals surface area contributed by atoms with Gasteiger partial charge in [0.2, 0.25) is 0 Å². The Kier molecular flexibility index (Phi) is 4.81. The van der Waals surface area contributed by atoms with Gasteiger partial charge in [-0.1, -0.05) is 6.92 Å². The standard InChI is InChI=1S/C15H15F2N3O/c1-2-6-18-14-8-10(5-7-19-14)15(21)20-13-4-3-11(16)9-12(13)17/h3-5,7-9H,2,6H2,1H3,(H,18,19)(H,20,21). The Balaban J connectivity index is 2.12. The van der Waals surface area contributed by atoms with E-state index in [1.807, 2.05) is 6.92 Å². The van der Waals surface area contributed by atoms with Crippen molar-refractivity contribution in [3.05, 3.63) is 53.7 Å². The molecular weight excluding hydrogens is 276 g/mol. The molecule has 0 bridgehead atoms. The number of hydrogen-bond donors (Lipinski definition) is 2. The quantitative estimate of drug-likeness (QED) is 0.887. The normalized spacial score (nSPS) is 10.2. The number of carbonyl (C=O) groups excluding carboxylic acids is 1. The summed E-state index contributed by atoms with van der Waals surface area (Å²) in [7, 11) is 0. The molecule has 0 fully saturated rings. The Hall–Kier alpha value is -2.50. The summed E-state index contributed by atoms with van der Waals surface area (Å²) >= 11 is 0. The van der Waals surface area contributed by atoms with Crippen molar-refractivity contribution in [1.29, 1.82) is 0 Å². The first-order valence-corrected chi connectivity index (χ1v) is 6.56. The molecule has 0 spiro atoms. The number of nitrogens with one attached hydrogen (secondary N) is 2. The van der Waals surface area contributed by atoms with Crippen LogP contribution in [0.2, 0.25) is 0 Å². The lowest BCUT2D eigenvalue weighted by Crippen LogP contribution is -2.14. The summed E-state index contributed by atoms with van der Waals surface area (Å²) in [5, 5.41) is 5.46. The monoisotopic (exact) mass is 291 g/mol. The van der Waals surface area contributed by atoms with Gasteiger partial charge < -0.3 is 10.6 Å². The molecule has 2 rings (SSSR count). The Morgan fingerprint density at radius 3 is 2.76 bits per heavy atom. The molecule has 21 heavy (non-hydrogen) atoms. The number of carbonyl (C=O) groups is 1. The van der Waals surface area contributed by atoms with Crippen molar-refractivity contribution in [1.82, 2.24) is 4.98 Å². The molecule has 0 aliphatic heterocycles. The van der Waals surface area contributed by atoms with Crippen LogP contribution in [0.5, 0.6) is 0 Å². The van der Waals surface area contributed by atoms with Gasteiger partial charge in [0.25, 0.3) is 5.91 Å². The van der Waals surface area contributed by atoms with Crippen LogP contribution in [0.1, 0.15) is 23.7 Å². The number of pyridine rings is 1. The minimum atomic E-state index is -0.818. The van der Waals surface area contributed by atoms with Crippen molar-refractivity contribution in [3.63, 3.8) is 0 Å². The molecule has 110 valence electrons. The first-order chi connectivity index (χ1) is 10.1. The average Bonchev–Trinajstić information content (AvgIpc) is 2.48. The van der Waals surface area contributed by atoms with E-state index in [1.165, 1.54) is 18.3 Å². The highest BCUT2D eigenvalue weighted by molar-refractivity contribution is 6.04. The summed E-state index contributed by atoms with van der Waals surface area (Å²) in [6.45, 7) is 2.76. The second-order valence-corrected chi connectivity index (χ2v) is 4.43. The van der Waals surface area contributed by atoms with Gasteiger partial charge >= 0.3 is 0 Å². The maximum Gasteiger partial charge on any atom is 0.255 e. The lowest BCUT2D eigenvalue weighted by molar-refractivity contribution is 0.102. The number of anilines is 2. The molecule has 0 radical (unpaired) electrons. The van der Waals surface area contributed by atoms with E-state index in [0.29, 0.717) is 11.4 Å². The molecule has 2 N–H and O–H groups in total. The van der Waals surface area contributed by atoms with Crippen LogP contribution in [0.3, 0.4) is 0 Å². The van der Waals surface area contributed by atoms with Crippen LogP contribution in [0.15, 0.2) is 36.5 Å². The first-order valence-electron chi connectivity index (χ1n) is 6.56. The zero-order valence-electron chi connectivity index (χ0n) is 11.5. The van der Waals surface area contributed by atoms with Crippen LogP contribution in [-0.2, 0) is 0 Å². The lowest BCUT2D eigenvalue weighted by Gasteiger charge is -2.08. The summed E-state index contributed by atoms with van der Waals surface area (Å²) in [6, 6.07) is 6.08. The zero-order chi connectivity index (χ0) is 15.2. The van der Waals surface area contributed by atoms with E-state index in [4.69, 9.17) is 0 Å². The molecule has 4 nitrogen and oxygen atoms in total. The number of amides is 1. The van der Waals surface area contributed by atoms with Crippen molar-refractivity contribution < 1.29 is 13.6 Å². The summed E-state index contributed by atoms with van der Waals surface area (Å²) in [5.41, 5.74) is 0.272. The van der Waals surface area contributed by atoms with E-state index < -0.39 is 17.5 Å². The zero-order valence-corrected chi connectivity index (χ0v) is 11.5. The van der Waals surface area contributed by atoms with Crippen molar-refractivity contribution in [3.8, 4) is 0 Å². The van der Waals surface area contributed by atoms with Crippen LogP contribution >= 0.6 is 0 Å². The molecule has 1 aromatic carbocycles. The Bertz CT molecular complexity index is 647. The minimum absolute atomic E-state index is 0.0683. The predicted octanol–water partition coefficient (Wildman–Crippen LogP) is 3.43. The van der Waals surface area contributed by atoms with Gasteiger partial charge in [-0.3, -0.25) is 4.79 Å². The van der Waals surface area contributed by atoms with Gasteiger partial charge in [0.05, 0.1) is 5.69 Å². The van der Waals surface area contributed by atoms with Gasteiger partial charge in [0, 0.05) is 24.4 Å². The van der Waals surface area contributed by atoms with Crippen LogP contribution < -0.4 is 10.6 Å². The fraction of sp³-hybridized carbons (Fsp3) is 0.200. The summed E-state index contributed by atoms with van der Waals surface area (Å²) in [5.74, 6) is -1.42. The van der Waals surface area contributed by atoms with Crippen LogP contribution in [0.4, 0.5) is 20.3 Å². The summed E-state index contributed by atoms with van der Waals surface area (Å²) in [4.78, 5) is 16.1. The molecule has 6 heteroatoms. The van der Waals surface area contributed by atoms with E-state index in [-0.39, 0.29) is 5.69 Å². The third-order valence-corrected chi connectivity index (χ3v) is 2.76. The van der Waals surface area contributed by atoms with Crippen LogP contribution in [-0.4, -0.2) is 17.4 Å². The number of benzene rings is 1. The molecule has 0 aliphatic carbocycles. The van der Waals surface area contributed by atoms with E-state index in [2.05, 4.69) is 15.6 Å². The third kappa shape index (κ3) is 3.98. The molecule has 0 saturated carbocycles. The van der Waals surface area contributed by atoms with Crippen molar-refractivity contribution in [2.75, 3.05) is 17.2 Å². The Labute approximate surface area is 121 Å². The van der Waals surface area contributed by atoms with Gasteiger partial charge in [0.15, 0.2) is 0 Å². The van der Waals surface area contributed by atoms with E-state index in [1.54, 1.807) is 6.07 Å². The highest BCUT2D eigenvalue weighted by Crippen LogP contribution is 2.16. The summed E-state index contributed by atoms with van der Waals surface area (Å²) in [6.07, 6.45) is 2.42. The lowest BCUT2D eigenvalue weighted by atomic mass is 10.2. The number of hydrogen-bond acceptors (Lipinski definition) is 3. The molecule has 0 unspecified atom stereocenters. The largest absolute Gasteiger partial charge is 0.370 e. The van der Waals surface area contributed by atoms with Gasteiger partial charge in [-0.2, -0.15) is 0 Å². The van der Waals surface area contributed by atoms with Gasteiger partial charge in [0.1, 0.15) is 17.5 Å². The molecular formula is C15H15F2N3O. The SMILES string of the molecule is CCCNc1cc(C(=O)Nc2ccc(F)cc2F)ccn1. The topological polar surface area (TPSA) is 54.0 Å². The van der Waals surface area contributed by atoms with E-state index in [9.17, 15) is 13.6 Å². The number of nitrogens with zero attached hydrogens (tertiary/aromatic N) is 1. The number of halogens is 2. The highest BCUT2D eigenvalue weighted by atomic mass is 19.1. The second kappa shape index (κ2) is 6.78. The third-order valence-electron chi connectivity index (χ3n) is 2.76. The fourth-order valence-corrected chi connectivity index (χ4v) is 1.71. The van der Waals surface area contributed by atoms with E-state index >= 15 is 0 Å². The molecule has 0 aliphatic rings. The maximum atomic E-state index is 13.5. The van der Waals surface area contributed by atoms with Crippen molar-refractivity contribution in [2.24, 2.45) is 0 Å². The molecule has 0 saturated heterocycles. The predicted molar refractivity (Wildman–Crippen MR) is 77.3 cm³/mol. The smallest absolute Gasteiger partial charge is 0.255 e. The maximum absolute atomic E-state index is 13.5. The average molecular weight is 291 g/mol. The van der Waals surface area contributed by atoms with Crippen LogP contribution in [0, 0.1) is 11.6 Å². The van der Waals surface area contributed by atoms with Crippen LogP contribution in [0.25, 0.3) is 0 Å². The van der Waals surface area contributed by atoms with Crippen molar-refractivity contribution >= 4 is 17.4 Å². The highest BCUT2D eigenvalue weighted by Gasteiger charge is 2.10. The number of aromatic nitrogens is 1. The fourth-order valence-electron chi connectivity index (χ4n) is 1.71. The van der Waals surface area contributed by atoms with Crippen molar-refractivity contribution in [2.45, 2.75) is 13.3 Å². The van der Waals surface area contributed by atoms with Gasteiger partial charge in [-0.05, 0) is 30.7 Å². The summed E-state index contributed by atoms with van der Waals surface area (Å²) < 4.78 is 26.3. The molecule has 1 amide bonds. The molecule has 1 aromatic heterocycles. The number of rotatable bonds is 5. The minimum Gasteiger partial charge on any atom is -0.370 e. The Morgan fingerprint density at radius 2 is 2.05 bits per heavy atom. The Morgan fingerprint density at radius 1 is 1.24 bits per heavy atom. The molecule has 2 aromatic rings. The second-order valence-electron chi connectivity index (χ2n) is 4.43. The van der Waals surface area contributed by atoms with E-state index in [0.717, 1.165) is 25.1 Å². The van der Waals surface area contributed by atoms with Gasteiger partial charge in [-0.25, -0.2) is 13.8 Å².